The fourth-order valence-corrected chi connectivity index (χ4v) is 8.59. The van der Waals surface area contributed by atoms with Crippen LogP contribution in [0.3, 0.4) is 0 Å². The summed E-state index contributed by atoms with van der Waals surface area (Å²) in [6.45, 7) is 11.2. The first-order valence-corrected chi connectivity index (χ1v) is 20.3. The van der Waals surface area contributed by atoms with Crippen LogP contribution >= 0.6 is 11.6 Å². The molecule has 0 radical (unpaired) electrons. The number of carboxylic acid groups (broad SMARTS) is 1. The molecule has 3 aliphatic rings. The van der Waals surface area contributed by atoms with E-state index >= 15 is 0 Å². The fraction of sp³-hybridized carbons (Fsp3) is 0.444. The third-order valence-corrected chi connectivity index (χ3v) is 11.9. The number of nitrogens with zero attached hydrogens (tertiary/aromatic N) is 5. The van der Waals surface area contributed by atoms with Gasteiger partial charge in [-0.2, -0.15) is 5.26 Å². The number of benzene rings is 3. The van der Waals surface area contributed by atoms with Crippen molar-refractivity contribution in [1.82, 2.24) is 19.7 Å². The first-order chi connectivity index (χ1) is 27.7. The van der Waals surface area contributed by atoms with Crippen molar-refractivity contribution in [1.29, 1.82) is 5.26 Å². The SMILES string of the molecule is Cc1c(COc2cc(OCc3cncc(C#N)c3)c(CN3CCCC[C@H]3C(=O)O)cc2Cl)cccc1-c1cccc(OCCCN2CC3OCCN(C)C3C2)c1C. The maximum absolute atomic E-state index is 12.1. The van der Waals surface area contributed by atoms with Crippen LogP contribution in [0.4, 0.5) is 0 Å². The van der Waals surface area contributed by atoms with Crippen LogP contribution in [-0.4, -0.2) is 102 Å². The van der Waals surface area contributed by atoms with E-state index in [1.807, 2.05) is 23.1 Å². The lowest BCUT2D eigenvalue weighted by molar-refractivity contribution is -0.144. The zero-order valence-electron chi connectivity index (χ0n) is 33.1. The summed E-state index contributed by atoms with van der Waals surface area (Å²) in [7, 11) is 2.20. The van der Waals surface area contributed by atoms with Gasteiger partial charge in [0, 0.05) is 68.4 Å². The average molecular weight is 794 g/mol. The van der Waals surface area contributed by atoms with E-state index in [1.54, 1.807) is 18.3 Å². The van der Waals surface area contributed by atoms with Crippen LogP contribution in [0.5, 0.6) is 17.2 Å². The summed E-state index contributed by atoms with van der Waals surface area (Å²) in [6.07, 6.45) is 6.81. The van der Waals surface area contributed by atoms with Gasteiger partial charge in [-0.1, -0.05) is 48.4 Å². The van der Waals surface area contributed by atoms with Crippen LogP contribution in [0.1, 0.15) is 59.1 Å². The summed E-state index contributed by atoms with van der Waals surface area (Å²) in [5.41, 5.74) is 7.36. The molecule has 0 saturated carbocycles. The predicted octanol–water partition coefficient (Wildman–Crippen LogP) is 7.27. The predicted molar refractivity (Wildman–Crippen MR) is 219 cm³/mol. The second kappa shape index (κ2) is 18.7. The lowest BCUT2D eigenvalue weighted by atomic mass is 9.93. The number of ether oxygens (including phenoxy) is 4. The van der Waals surface area contributed by atoms with Crippen LogP contribution in [0.2, 0.25) is 5.02 Å². The minimum absolute atomic E-state index is 0.161. The molecule has 3 saturated heterocycles. The van der Waals surface area contributed by atoms with Crippen LogP contribution in [0.25, 0.3) is 11.1 Å². The molecule has 2 unspecified atom stereocenters. The number of nitriles is 1. The van der Waals surface area contributed by atoms with Crippen molar-refractivity contribution in [2.75, 3.05) is 53.0 Å². The van der Waals surface area contributed by atoms with Gasteiger partial charge in [0.05, 0.1) is 29.9 Å². The molecule has 300 valence electrons. The molecule has 11 nitrogen and oxygen atoms in total. The average Bonchev–Trinajstić information content (AvgIpc) is 3.64. The smallest absolute Gasteiger partial charge is 0.320 e. The van der Waals surface area contributed by atoms with E-state index in [2.05, 4.69) is 66.0 Å². The number of rotatable bonds is 15. The molecule has 0 aliphatic carbocycles. The topological polar surface area (TPSA) is 121 Å². The summed E-state index contributed by atoms with van der Waals surface area (Å²) in [5.74, 6) is 1.05. The number of likely N-dealkylation sites (tertiary alicyclic amines) is 2. The van der Waals surface area contributed by atoms with Gasteiger partial charge in [-0.25, -0.2) is 0 Å². The number of hydrogen-bond donors (Lipinski definition) is 1. The Labute approximate surface area is 340 Å². The number of hydrogen-bond acceptors (Lipinski definition) is 10. The fourth-order valence-electron chi connectivity index (χ4n) is 8.35. The van der Waals surface area contributed by atoms with E-state index in [4.69, 9.17) is 30.5 Å². The zero-order valence-corrected chi connectivity index (χ0v) is 33.8. The summed E-state index contributed by atoms with van der Waals surface area (Å²) in [6, 6.07) is 19.8. The third kappa shape index (κ3) is 9.71. The summed E-state index contributed by atoms with van der Waals surface area (Å²) in [5, 5.41) is 19.7. The standard InChI is InChI=1S/C45H52ClN5O6/c1-30-34(9-6-10-36(30)37-11-7-13-41(31(37)2)54-17-8-14-50-26-40-44(27-50)55-18-16-49(40)3)29-57-43-21-42(56-28-33-19-32(22-47)23-48-24-33)35(20-38(43)46)25-51-15-5-4-12-39(51)45(52)53/h6-7,9-11,13,19-21,23-24,39-40,44H,4-5,8,12,14-18,25-29H2,1-3H3,(H,52,53)/t39-,40?,44?/m0/s1. The van der Waals surface area contributed by atoms with E-state index in [9.17, 15) is 15.2 Å². The van der Waals surface area contributed by atoms with Crippen molar-refractivity contribution in [2.45, 2.75) is 77.5 Å². The summed E-state index contributed by atoms with van der Waals surface area (Å²) < 4.78 is 25.1. The van der Waals surface area contributed by atoms with Gasteiger partial charge >= 0.3 is 5.97 Å². The number of carbonyl (C=O) groups is 1. The van der Waals surface area contributed by atoms with Crippen LogP contribution in [0.15, 0.2) is 67.0 Å². The zero-order chi connectivity index (χ0) is 39.9. The number of carboxylic acids is 1. The highest BCUT2D eigenvalue weighted by Crippen LogP contribution is 2.37. The molecule has 4 aromatic rings. The van der Waals surface area contributed by atoms with Gasteiger partial charge in [0.2, 0.25) is 0 Å². The Hall–Kier alpha value is -4.70. The highest BCUT2D eigenvalue weighted by Gasteiger charge is 2.38. The van der Waals surface area contributed by atoms with Crippen molar-refractivity contribution in [2.24, 2.45) is 0 Å². The number of halogens is 1. The lowest BCUT2D eigenvalue weighted by Crippen LogP contribution is -2.48. The highest BCUT2D eigenvalue weighted by molar-refractivity contribution is 6.32. The molecule has 1 aromatic heterocycles. The molecule has 0 bridgehead atoms. The van der Waals surface area contributed by atoms with Crippen molar-refractivity contribution >= 4 is 17.6 Å². The molecular weight excluding hydrogens is 742 g/mol. The minimum atomic E-state index is -0.829. The second-order valence-electron chi connectivity index (χ2n) is 15.4. The molecule has 12 heteroatoms. The molecule has 3 atom stereocenters. The van der Waals surface area contributed by atoms with Crippen LogP contribution in [0, 0.1) is 25.2 Å². The Morgan fingerprint density at radius 1 is 0.947 bits per heavy atom. The van der Waals surface area contributed by atoms with Crippen molar-refractivity contribution in [3.8, 4) is 34.4 Å². The molecule has 7 rings (SSSR count). The maximum Gasteiger partial charge on any atom is 0.320 e. The molecule has 3 fully saturated rings. The molecule has 0 amide bonds. The number of aliphatic carboxylic acids is 1. The Kier molecular flexibility index (Phi) is 13.3. The van der Waals surface area contributed by atoms with Gasteiger partial charge < -0.3 is 24.1 Å². The molecule has 0 spiro atoms. The quantitative estimate of drug-likeness (QED) is 0.122. The van der Waals surface area contributed by atoms with Crippen LogP contribution < -0.4 is 14.2 Å². The van der Waals surface area contributed by atoms with E-state index in [1.165, 1.54) is 6.20 Å². The van der Waals surface area contributed by atoms with E-state index in [0.717, 1.165) is 96.7 Å². The first-order valence-electron chi connectivity index (χ1n) is 19.9. The molecule has 57 heavy (non-hydrogen) atoms. The van der Waals surface area contributed by atoms with E-state index in [-0.39, 0.29) is 13.2 Å². The normalized spacial score (nSPS) is 20.2. The van der Waals surface area contributed by atoms with Gasteiger partial charge in [-0.05, 0) is 92.7 Å². The number of likely N-dealkylation sites (N-methyl/N-ethyl adjacent to an activating group) is 1. The summed E-state index contributed by atoms with van der Waals surface area (Å²) in [4.78, 5) is 23.2. The lowest BCUT2D eigenvalue weighted by Gasteiger charge is -2.33. The van der Waals surface area contributed by atoms with Gasteiger partial charge in [-0.3, -0.25) is 24.5 Å². The molecule has 3 aromatic carbocycles. The summed E-state index contributed by atoms with van der Waals surface area (Å²) >= 11 is 6.88. The van der Waals surface area contributed by atoms with Gasteiger partial charge in [0.15, 0.2) is 0 Å². The second-order valence-corrected chi connectivity index (χ2v) is 15.8. The molecular formula is C45H52ClN5O6. The Morgan fingerprint density at radius 2 is 1.75 bits per heavy atom. The largest absolute Gasteiger partial charge is 0.493 e. The van der Waals surface area contributed by atoms with Crippen molar-refractivity contribution < 1.29 is 28.8 Å². The number of piperidine rings is 1. The highest BCUT2D eigenvalue weighted by atomic mass is 35.5. The number of fused-ring (bicyclic) bond motifs is 1. The third-order valence-electron chi connectivity index (χ3n) is 11.6. The maximum atomic E-state index is 12.1. The minimum Gasteiger partial charge on any atom is -0.493 e. The van der Waals surface area contributed by atoms with E-state index < -0.39 is 12.0 Å². The van der Waals surface area contributed by atoms with Crippen molar-refractivity contribution in [3.05, 3.63) is 105 Å². The van der Waals surface area contributed by atoms with Gasteiger partial charge in [0.1, 0.15) is 42.6 Å². The number of pyridine rings is 1. The number of aromatic nitrogens is 1. The van der Waals surface area contributed by atoms with Gasteiger partial charge in [0.25, 0.3) is 0 Å². The Bertz CT molecular complexity index is 2090. The van der Waals surface area contributed by atoms with Crippen LogP contribution in [-0.2, 0) is 29.3 Å². The Morgan fingerprint density at radius 3 is 2.56 bits per heavy atom. The van der Waals surface area contributed by atoms with Crippen molar-refractivity contribution in [3.63, 3.8) is 0 Å². The van der Waals surface area contributed by atoms with Gasteiger partial charge in [-0.15, -0.1) is 0 Å². The molecule has 4 heterocycles. The first kappa shape index (κ1) is 40.5. The molecule has 1 N–H and O–H groups in total. The Balaban J connectivity index is 1.03. The molecule has 3 aliphatic heterocycles. The van der Waals surface area contributed by atoms with E-state index in [0.29, 0.717) is 60.3 Å². The monoisotopic (exact) mass is 793 g/mol. The number of morpholine rings is 1.